The highest BCUT2D eigenvalue weighted by atomic mass is 16.3. The topological polar surface area (TPSA) is 245 Å². The van der Waals surface area contributed by atoms with Gasteiger partial charge in [-0.1, -0.05) is 25.7 Å². The molecule has 2 aromatic rings. The van der Waals surface area contributed by atoms with Gasteiger partial charge >= 0.3 is 0 Å². The van der Waals surface area contributed by atoms with Crippen molar-refractivity contribution in [2.75, 3.05) is 6.54 Å². The predicted octanol–water partition coefficient (Wildman–Crippen LogP) is 0.136. The quantitative estimate of drug-likeness (QED) is 0.184. The third-order valence-corrected chi connectivity index (χ3v) is 8.44. The minimum atomic E-state index is -1.16. The summed E-state index contributed by atoms with van der Waals surface area (Å²) < 4.78 is 5.45. The molecule has 268 valence electrons. The fourth-order valence-electron chi connectivity index (χ4n) is 5.51. The van der Waals surface area contributed by atoms with E-state index in [2.05, 4.69) is 36.6 Å². The molecular weight excluding hydrogens is 648 g/mol. The lowest BCUT2D eigenvalue weighted by Crippen LogP contribution is -2.56. The monoisotopic (exact) mass is 692 g/mol. The average molecular weight is 693 g/mol. The molecule has 1 aliphatic heterocycles. The number of nitrogens with one attached hydrogen (secondary N) is 5. The summed E-state index contributed by atoms with van der Waals surface area (Å²) in [5.74, 6) is -3.46. The minimum absolute atomic E-state index is 0.0230. The fourth-order valence-corrected chi connectivity index (χ4v) is 5.51. The molecule has 4 unspecified atom stereocenters. The van der Waals surface area contributed by atoms with E-state index < -0.39 is 59.6 Å². The van der Waals surface area contributed by atoms with Crippen LogP contribution in [0.15, 0.2) is 53.6 Å². The molecule has 1 fully saturated rings. The average Bonchev–Trinajstić information content (AvgIpc) is 3.77. The molecule has 50 heavy (non-hydrogen) atoms. The number of hydrogen-bond donors (Lipinski definition) is 6. The summed E-state index contributed by atoms with van der Waals surface area (Å²) in [6.45, 7) is 0.193. The van der Waals surface area contributed by atoms with Gasteiger partial charge in [-0.25, -0.2) is 4.98 Å². The summed E-state index contributed by atoms with van der Waals surface area (Å²) in [4.78, 5) is 98.4. The van der Waals surface area contributed by atoms with E-state index in [0.29, 0.717) is 37.9 Å². The van der Waals surface area contributed by atoms with Crippen molar-refractivity contribution in [3.8, 4) is 0 Å². The second-order valence-corrected chi connectivity index (χ2v) is 12.5. The van der Waals surface area contributed by atoms with Gasteiger partial charge in [-0.2, -0.15) is 0 Å². The predicted molar refractivity (Wildman–Crippen MR) is 178 cm³/mol. The van der Waals surface area contributed by atoms with Crippen LogP contribution in [0.4, 0.5) is 0 Å². The lowest BCUT2D eigenvalue weighted by atomic mass is 9.99. The molecule has 16 heteroatoms. The third-order valence-electron chi connectivity index (χ3n) is 8.44. The van der Waals surface area contributed by atoms with Crippen molar-refractivity contribution in [1.82, 2.24) is 36.6 Å². The number of aromatic nitrogens is 2. The highest BCUT2D eigenvalue weighted by Crippen LogP contribution is 2.33. The number of nitrogens with zero attached hydrogens (tertiary/aromatic N) is 2. The van der Waals surface area contributed by atoms with Gasteiger partial charge in [0.15, 0.2) is 5.78 Å². The molecule has 3 heterocycles. The van der Waals surface area contributed by atoms with Crippen molar-refractivity contribution < 1.29 is 38.0 Å². The van der Waals surface area contributed by atoms with E-state index in [1.165, 1.54) is 24.9 Å². The van der Waals surface area contributed by atoms with Crippen LogP contribution >= 0.6 is 0 Å². The summed E-state index contributed by atoms with van der Waals surface area (Å²) in [6.07, 6.45) is 11.9. The van der Waals surface area contributed by atoms with Gasteiger partial charge in [0, 0.05) is 43.9 Å². The highest BCUT2D eigenvalue weighted by molar-refractivity contribution is 6.00. The van der Waals surface area contributed by atoms with E-state index in [9.17, 15) is 33.6 Å². The van der Waals surface area contributed by atoms with Crippen LogP contribution in [0.25, 0.3) is 0 Å². The first-order valence-corrected chi connectivity index (χ1v) is 16.9. The number of amides is 6. The first-order chi connectivity index (χ1) is 24.1. The molecule has 6 amide bonds. The highest BCUT2D eigenvalue weighted by Gasteiger charge is 2.34. The van der Waals surface area contributed by atoms with Gasteiger partial charge in [0.25, 0.3) is 5.91 Å². The number of Topliss-reactive ketones (excluding diaryl/α,β-unsaturated/α-hetero) is 1. The van der Waals surface area contributed by atoms with Crippen LogP contribution in [0.5, 0.6) is 0 Å². The molecule has 2 aromatic heterocycles. The molecule has 7 N–H and O–H groups in total. The Kier molecular flexibility index (Phi) is 14.2. The van der Waals surface area contributed by atoms with Crippen molar-refractivity contribution >= 4 is 41.2 Å². The zero-order valence-electron chi connectivity index (χ0n) is 27.7. The number of ketones is 1. The van der Waals surface area contributed by atoms with Crippen LogP contribution in [0.1, 0.15) is 80.5 Å². The molecule has 2 aliphatic rings. The van der Waals surface area contributed by atoms with Gasteiger partial charge in [-0.05, 0) is 50.2 Å². The number of nitrogens with two attached hydrogens (primary N) is 1. The maximum Gasteiger partial charge on any atom is 0.271 e. The van der Waals surface area contributed by atoms with Crippen LogP contribution in [-0.2, 0) is 35.2 Å². The summed E-state index contributed by atoms with van der Waals surface area (Å²) in [5.41, 5.74) is 5.62. The molecule has 1 saturated carbocycles. The first-order valence-electron chi connectivity index (χ1n) is 16.9. The van der Waals surface area contributed by atoms with Crippen LogP contribution in [0, 0.1) is 5.92 Å². The molecular formula is C34H44N8O8. The molecule has 0 saturated heterocycles. The maximum absolute atomic E-state index is 13.8. The lowest BCUT2D eigenvalue weighted by Gasteiger charge is -2.25. The van der Waals surface area contributed by atoms with Gasteiger partial charge in [-0.15, -0.1) is 0 Å². The number of rotatable bonds is 10. The van der Waals surface area contributed by atoms with Gasteiger partial charge in [0.05, 0.1) is 18.5 Å². The van der Waals surface area contributed by atoms with Crippen LogP contribution < -0.4 is 32.3 Å². The number of carbonyl (C=O) groups excluding carboxylic acids is 7. The number of hydrogen-bond acceptors (Lipinski definition) is 10. The van der Waals surface area contributed by atoms with E-state index in [1.807, 2.05) is 0 Å². The fraction of sp³-hybridized carbons (Fsp3) is 0.500. The Labute approximate surface area is 289 Å². The third kappa shape index (κ3) is 12.6. The Morgan fingerprint density at radius 1 is 0.880 bits per heavy atom. The van der Waals surface area contributed by atoms with Crippen LogP contribution in [0.2, 0.25) is 0 Å². The van der Waals surface area contributed by atoms with Crippen molar-refractivity contribution in [2.45, 2.75) is 94.8 Å². The number of furan rings is 1. The zero-order valence-corrected chi connectivity index (χ0v) is 27.7. The lowest BCUT2D eigenvalue weighted by molar-refractivity contribution is -0.133. The van der Waals surface area contributed by atoms with Gasteiger partial charge < -0.3 is 36.7 Å². The molecule has 0 radical (unpaired) electrons. The standard InChI is InChI=1S/C34H44N8O8/c35-31(46)24-7-2-1-3-9-28(43)23(8-4-14-38-32(47)27-20-36-15-16-37-27)41-34(49)26(19-22-6-5-17-50-22)42-33(48)25(18-21-10-11-21)40-30(45)13-12-29(44)39-24/h5-6,12-13,15-17,20-21,23-26H,1-4,7-11,14,18-19H2,(H2,35,46)(H,38,47)(H,39,44)(H,40,45)(H,41,49)(H,42,48). The van der Waals surface area contributed by atoms with E-state index in [0.717, 1.165) is 25.0 Å². The second kappa shape index (κ2) is 19.0. The van der Waals surface area contributed by atoms with Crippen molar-refractivity contribution in [3.05, 3.63) is 60.6 Å². The van der Waals surface area contributed by atoms with E-state index in [4.69, 9.17) is 10.2 Å². The molecule has 1 aliphatic carbocycles. The molecule has 0 spiro atoms. The summed E-state index contributed by atoms with van der Waals surface area (Å²) in [7, 11) is 0. The Bertz CT molecular complexity index is 1530. The number of carbonyl (C=O) groups is 7. The Morgan fingerprint density at radius 2 is 1.62 bits per heavy atom. The van der Waals surface area contributed by atoms with Crippen LogP contribution in [-0.4, -0.2) is 81.9 Å². The second-order valence-electron chi connectivity index (χ2n) is 12.5. The SMILES string of the molecule is NC(=O)C1CCCCCC(=O)C(CCCNC(=O)c2cnccn2)NC(=O)C(Cc2ccco2)NC(=O)C(CC2CC2)NC(=O)C=CC(=O)N1. The van der Waals surface area contributed by atoms with Crippen molar-refractivity contribution in [1.29, 1.82) is 0 Å². The first kappa shape index (κ1) is 37.4. The van der Waals surface area contributed by atoms with E-state index >= 15 is 0 Å². The Morgan fingerprint density at radius 3 is 2.30 bits per heavy atom. The maximum atomic E-state index is 13.8. The summed E-state index contributed by atoms with van der Waals surface area (Å²) >= 11 is 0. The summed E-state index contributed by atoms with van der Waals surface area (Å²) in [5, 5.41) is 13.4. The largest absolute Gasteiger partial charge is 0.469 e. The smallest absolute Gasteiger partial charge is 0.271 e. The van der Waals surface area contributed by atoms with Crippen LogP contribution in [0.3, 0.4) is 0 Å². The molecule has 0 bridgehead atoms. The van der Waals surface area contributed by atoms with Gasteiger partial charge in [-0.3, -0.25) is 38.5 Å². The minimum Gasteiger partial charge on any atom is -0.469 e. The van der Waals surface area contributed by atoms with Crippen molar-refractivity contribution in [2.24, 2.45) is 11.7 Å². The summed E-state index contributed by atoms with van der Waals surface area (Å²) in [6, 6.07) is -0.804. The van der Waals surface area contributed by atoms with E-state index in [1.54, 1.807) is 12.1 Å². The molecule has 0 aromatic carbocycles. The van der Waals surface area contributed by atoms with Gasteiger partial charge in [0.1, 0.15) is 29.6 Å². The van der Waals surface area contributed by atoms with E-state index in [-0.39, 0.29) is 49.6 Å². The molecule has 4 atom stereocenters. The Balaban J connectivity index is 1.52. The normalized spacial score (nSPS) is 23.2. The zero-order chi connectivity index (χ0) is 35.9. The van der Waals surface area contributed by atoms with Gasteiger partial charge in [0.2, 0.25) is 29.5 Å². The molecule has 4 rings (SSSR count). The van der Waals surface area contributed by atoms with Crippen molar-refractivity contribution in [3.63, 3.8) is 0 Å². The number of primary amides is 1. The molecule has 16 nitrogen and oxygen atoms in total. The Hall–Kier alpha value is -5.41.